The zero-order valence-corrected chi connectivity index (χ0v) is 14.2. The summed E-state index contributed by atoms with van der Waals surface area (Å²) >= 11 is 5.34. The molecule has 2 N–H and O–H groups in total. The Bertz CT molecular complexity index is 504. The van der Waals surface area contributed by atoms with Gasteiger partial charge in [0.2, 0.25) is 0 Å². The molecule has 1 fully saturated rings. The third-order valence-electron chi connectivity index (χ3n) is 3.77. The second-order valence-electron chi connectivity index (χ2n) is 5.33. The van der Waals surface area contributed by atoms with Crippen LogP contribution < -0.4 is 20.1 Å². The molecule has 0 aliphatic carbocycles. The Kier molecular flexibility index (Phi) is 6.27. The van der Waals surface area contributed by atoms with Crippen LogP contribution >= 0.6 is 12.2 Å². The van der Waals surface area contributed by atoms with E-state index in [1.54, 1.807) is 14.2 Å². The molecular weight excluding hydrogens is 300 g/mol. The van der Waals surface area contributed by atoms with Crippen LogP contribution in [0.4, 0.5) is 0 Å². The summed E-state index contributed by atoms with van der Waals surface area (Å²) < 4.78 is 16.1. The number of benzene rings is 1. The fraction of sp³-hybridized carbons (Fsp3) is 0.562. The van der Waals surface area contributed by atoms with E-state index in [0.29, 0.717) is 10.9 Å². The van der Waals surface area contributed by atoms with Gasteiger partial charge in [0.05, 0.1) is 26.4 Å². The first-order valence-corrected chi connectivity index (χ1v) is 7.92. The molecule has 1 aliphatic heterocycles. The van der Waals surface area contributed by atoms with Crippen molar-refractivity contribution in [2.24, 2.45) is 0 Å². The van der Waals surface area contributed by atoms with E-state index in [-0.39, 0.29) is 12.1 Å². The molecular formula is C16H24N2O3S. The molecule has 0 amide bonds. The van der Waals surface area contributed by atoms with Crippen molar-refractivity contribution in [2.75, 3.05) is 27.4 Å². The summed E-state index contributed by atoms with van der Waals surface area (Å²) in [6, 6.07) is 5.93. The molecule has 5 nitrogen and oxygen atoms in total. The number of rotatable bonds is 6. The fourth-order valence-corrected chi connectivity index (χ4v) is 2.73. The second kappa shape index (κ2) is 8.19. The fourth-order valence-electron chi connectivity index (χ4n) is 2.47. The number of hydrogen-bond acceptors (Lipinski definition) is 4. The van der Waals surface area contributed by atoms with Crippen molar-refractivity contribution < 1.29 is 14.2 Å². The standard InChI is InChI=1S/C16H24N2O3S/c1-11(12-6-7-14(19-2)15(9-12)20-3)18-16(22)17-10-13-5-4-8-21-13/h6-7,9,11,13H,4-5,8,10H2,1-3H3,(H2,17,18,22). The quantitative estimate of drug-likeness (QED) is 0.784. The normalized spacial score (nSPS) is 18.6. The number of nitrogens with one attached hydrogen (secondary N) is 2. The van der Waals surface area contributed by atoms with Crippen molar-refractivity contribution in [3.63, 3.8) is 0 Å². The molecule has 122 valence electrons. The summed E-state index contributed by atoms with van der Waals surface area (Å²) in [6.45, 7) is 3.67. The third-order valence-corrected chi connectivity index (χ3v) is 4.03. The minimum absolute atomic E-state index is 0.0734. The molecule has 0 bridgehead atoms. The van der Waals surface area contributed by atoms with Gasteiger partial charge in [-0.3, -0.25) is 0 Å². The molecule has 0 spiro atoms. The Labute approximate surface area is 137 Å². The maximum absolute atomic E-state index is 5.57. The van der Waals surface area contributed by atoms with Gasteiger partial charge in [0.1, 0.15) is 0 Å². The van der Waals surface area contributed by atoms with E-state index in [2.05, 4.69) is 17.6 Å². The van der Waals surface area contributed by atoms with Gasteiger partial charge in [-0.1, -0.05) is 6.07 Å². The molecule has 1 aromatic carbocycles. The number of thiocarbonyl (C=S) groups is 1. The van der Waals surface area contributed by atoms with E-state index in [4.69, 9.17) is 26.4 Å². The first-order chi connectivity index (χ1) is 10.6. The first kappa shape index (κ1) is 16.8. The molecule has 2 rings (SSSR count). The summed E-state index contributed by atoms with van der Waals surface area (Å²) in [5.74, 6) is 1.43. The van der Waals surface area contributed by atoms with Gasteiger partial charge in [0.25, 0.3) is 0 Å². The van der Waals surface area contributed by atoms with Gasteiger partial charge in [-0.2, -0.15) is 0 Å². The van der Waals surface area contributed by atoms with E-state index in [1.807, 2.05) is 18.2 Å². The first-order valence-electron chi connectivity index (χ1n) is 7.52. The Morgan fingerprint density at radius 1 is 1.36 bits per heavy atom. The number of methoxy groups -OCH3 is 2. The molecule has 0 saturated carbocycles. The summed E-state index contributed by atoms with van der Waals surface area (Å²) in [5.41, 5.74) is 1.08. The van der Waals surface area contributed by atoms with Gasteiger partial charge in [-0.05, 0) is 49.7 Å². The average Bonchev–Trinajstić information content (AvgIpc) is 3.05. The van der Waals surface area contributed by atoms with Crippen LogP contribution in [0.15, 0.2) is 18.2 Å². The lowest BCUT2D eigenvalue weighted by Crippen LogP contribution is -2.40. The highest BCUT2D eigenvalue weighted by molar-refractivity contribution is 7.80. The van der Waals surface area contributed by atoms with Gasteiger partial charge in [0, 0.05) is 13.2 Å². The lowest BCUT2D eigenvalue weighted by molar-refractivity contribution is 0.114. The predicted octanol–water partition coefficient (Wildman–Crippen LogP) is 2.41. The highest BCUT2D eigenvalue weighted by Gasteiger charge is 2.16. The van der Waals surface area contributed by atoms with Crippen LogP contribution in [0.25, 0.3) is 0 Å². The van der Waals surface area contributed by atoms with Crippen LogP contribution in [0.1, 0.15) is 31.4 Å². The summed E-state index contributed by atoms with van der Waals surface area (Å²) in [5, 5.41) is 7.13. The van der Waals surface area contributed by atoms with Crippen molar-refractivity contribution >= 4 is 17.3 Å². The average molecular weight is 324 g/mol. The SMILES string of the molecule is COc1ccc(C(C)NC(=S)NCC2CCCO2)cc1OC. The zero-order valence-electron chi connectivity index (χ0n) is 13.3. The molecule has 1 saturated heterocycles. The third kappa shape index (κ3) is 4.48. The van der Waals surface area contributed by atoms with Crippen LogP contribution in [0, 0.1) is 0 Å². The summed E-state index contributed by atoms with van der Waals surface area (Å²) in [7, 11) is 3.26. The van der Waals surface area contributed by atoms with Gasteiger partial charge in [-0.15, -0.1) is 0 Å². The predicted molar refractivity (Wildman–Crippen MR) is 90.7 cm³/mol. The zero-order chi connectivity index (χ0) is 15.9. The van der Waals surface area contributed by atoms with Crippen molar-refractivity contribution in [3.05, 3.63) is 23.8 Å². The highest BCUT2D eigenvalue weighted by Crippen LogP contribution is 2.29. The van der Waals surface area contributed by atoms with Crippen LogP contribution in [0.3, 0.4) is 0 Å². The highest BCUT2D eigenvalue weighted by atomic mass is 32.1. The van der Waals surface area contributed by atoms with E-state index in [1.165, 1.54) is 0 Å². The molecule has 6 heteroatoms. The van der Waals surface area contributed by atoms with Crippen molar-refractivity contribution in [1.29, 1.82) is 0 Å². The maximum atomic E-state index is 5.57. The van der Waals surface area contributed by atoms with E-state index in [0.717, 1.165) is 37.3 Å². The molecule has 2 unspecified atom stereocenters. The van der Waals surface area contributed by atoms with Gasteiger partial charge in [-0.25, -0.2) is 0 Å². The Balaban J connectivity index is 1.87. The lowest BCUT2D eigenvalue weighted by atomic mass is 10.1. The van der Waals surface area contributed by atoms with Crippen molar-refractivity contribution in [3.8, 4) is 11.5 Å². The van der Waals surface area contributed by atoms with Crippen LogP contribution in [0.2, 0.25) is 0 Å². The van der Waals surface area contributed by atoms with Gasteiger partial charge >= 0.3 is 0 Å². The second-order valence-corrected chi connectivity index (χ2v) is 5.73. The van der Waals surface area contributed by atoms with Gasteiger partial charge < -0.3 is 24.8 Å². The molecule has 2 atom stereocenters. The van der Waals surface area contributed by atoms with E-state index in [9.17, 15) is 0 Å². The maximum Gasteiger partial charge on any atom is 0.166 e. The molecule has 0 radical (unpaired) electrons. The minimum Gasteiger partial charge on any atom is -0.493 e. The van der Waals surface area contributed by atoms with Crippen molar-refractivity contribution in [1.82, 2.24) is 10.6 Å². The Morgan fingerprint density at radius 3 is 2.77 bits per heavy atom. The lowest BCUT2D eigenvalue weighted by Gasteiger charge is -2.20. The van der Waals surface area contributed by atoms with Crippen LogP contribution in [0.5, 0.6) is 11.5 Å². The topological polar surface area (TPSA) is 51.8 Å². The van der Waals surface area contributed by atoms with E-state index >= 15 is 0 Å². The molecule has 1 aromatic rings. The Hall–Kier alpha value is -1.53. The van der Waals surface area contributed by atoms with Crippen molar-refractivity contribution in [2.45, 2.75) is 31.9 Å². The largest absolute Gasteiger partial charge is 0.493 e. The number of hydrogen-bond donors (Lipinski definition) is 2. The minimum atomic E-state index is 0.0734. The summed E-state index contributed by atoms with van der Waals surface area (Å²) in [4.78, 5) is 0. The molecule has 1 aliphatic rings. The molecule has 22 heavy (non-hydrogen) atoms. The van der Waals surface area contributed by atoms with Crippen LogP contribution in [-0.4, -0.2) is 38.6 Å². The Morgan fingerprint density at radius 2 is 2.14 bits per heavy atom. The van der Waals surface area contributed by atoms with Gasteiger partial charge in [0.15, 0.2) is 16.6 Å². The molecule has 1 heterocycles. The van der Waals surface area contributed by atoms with E-state index < -0.39 is 0 Å². The summed E-state index contributed by atoms with van der Waals surface area (Å²) in [6.07, 6.45) is 2.51. The molecule has 0 aromatic heterocycles. The van der Waals surface area contributed by atoms with Crippen LogP contribution in [-0.2, 0) is 4.74 Å². The monoisotopic (exact) mass is 324 g/mol. The number of ether oxygens (including phenoxy) is 3. The smallest absolute Gasteiger partial charge is 0.166 e.